The third-order valence-electron chi connectivity index (χ3n) is 2.49. The van der Waals surface area contributed by atoms with Crippen molar-refractivity contribution in [3.8, 4) is 0 Å². The number of hydrogen-bond acceptors (Lipinski definition) is 4. The monoisotopic (exact) mass is 280 g/mol. The van der Waals surface area contributed by atoms with Gasteiger partial charge in [0.25, 0.3) is 0 Å². The molecular formula is C12H16N4O2S. The summed E-state index contributed by atoms with van der Waals surface area (Å²) in [5.41, 5.74) is 1.36. The maximum Gasteiger partial charge on any atom is 0.215 e. The number of sulfonamides is 1. The van der Waals surface area contributed by atoms with Crippen LogP contribution in [0.3, 0.4) is 0 Å². The fourth-order valence-corrected chi connectivity index (χ4v) is 2.92. The van der Waals surface area contributed by atoms with Gasteiger partial charge in [-0.25, -0.2) is 13.1 Å². The number of nitrogens with zero attached hydrogens (tertiary/aromatic N) is 3. The Morgan fingerprint density at radius 1 is 1.42 bits per heavy atom. The van der Waals surface area contributed by atoms with Crippen LogP contribution in [0.5, 0.6) is 0 Å². The zero-order valence-corrected chi connectivity index (χ0v) is 11.5. The lowest BCUT2D eigenvalue weighted by atomic mass is 10.4. The normalized spacial score (nSPS) is 11.8. The first kappa shape index (κ1) is 13.7. The van der Waals surface area contributed by atoms with E-state index in [2.05, 4.69) is 21.5 Å². The van der Waals surface area contributed by atoms with E-state index in [9.17, 15) is 8.42 Å². The van der Waals surface area contributed by atoms with Gasteiger partial charge in [-0.1, -0.05) is 18.2 Å². The van der Waals surface area contributed by atoms with E-state index in [0.29, 0.717) is 18.5 Å². The van der Waals surface area contributed by atoms with Crippen molar-refractivity contribution in [2.24, 2.45) is 0 Å². The van der Waals surface area contributed by atoms with Gasteiger partial charge in [-0.05, 0) is 19.1 Å². The number of rotatable bonds is 6. The molecule has 2 heterocycles. The zero-order chi connectivity index (χ0) is 13.9. The summed E-state index contributed by atoms with van der Waals surface area (Å²) in [6, 6.07) is 5.61. The molecule has 0 saturated carbocycles. The fraction of sp³-hybridized carbons (Fsp3) is 0.333. The standard InChI is InChI=1S/C12H16N4O2S/c1-10(2)9-19(17,18)13-7-6-12-15-14-11-5-3-4-8-16(11)12/h3-5,8,13H,1,6-7,9H2,2H3. The molecule has 0 amide bonds. The van der Waals surface area contributed by atoms with E-state index in [1.165, 1.54) is 0 Å². The van der Waals surface area contributed by atoms with Gasteiger partial charge in [0.15, 0.2) is 5.65 Å². The second kappa shape index (κ2) is 5.50. The Balaban J connectivity index is 1.98. The third kappa shape index (κ3) is 3.62. The van der Waals surface area contributed by atoms with Crippen molar-refractivity contribution in [2.75, 3.05) is 12.3 Å². The van der Waals surface area contributed by atoms with E-state index in [-0.39, 0.29) is 5.75 Å². The number of pyridine rings is 1. The topological polar surface area (TPSA) is 76.4 Å². The first-order chi connectivity index (χ1) is 8.98. The molecule has 2 rings (SSSR count). The highest BCUT2D eigenvalue weighted by Gasteiger charge is 2.11. The van der Waals surface area contributed by atoms with E-state index in [1.54, 1.807) is 6.92 Å². The SMILES string of the molecule is C=C(C)CS(=O)(=O)NCCc1nnc2ccccn12. The van der Waals surface area contributed by atoms with Gasteiger partial charge in [-0.3, -0.25) is 4.40 Å². The number of nitrogens with one attached hydrogen (secondary N) is 1. The van der Waals surface area contributed by atoms with Crippen LogP contribution < -0.4 is 4.72 Å². The maximum atomic E-state index is 11.6. The van der Waals surface area contributed by atoms with Gasteiger partial charge in [0.1, 0.15) is 5.82 Å². The Morgan fingerprint density at radius 2 is 2.21 bits per heavy atom. The summed E-state index contributed by atoms with van der Waals surface area (Å²) in [4.78, 5) is 0. The maximum absolute atomic E-state index is 11.6. The van der Waals surface area contributed by atoms with Crippen LogP contribution in [0.25, 0.3) is 5.65 Å². The van der Waals surface area contributed by atoms with Gasteiger partial charge in [0.2, 0.25) is 10.0 Å². The first-order valence-corrected chi connectivity index (χ1v) is 7.53. The molecule has 0 radical (unpaired) electrons. The van der Waals surface area contributed by atoms with Crippen LogP contribution >= 0.6 is 0 Å². The van der Waals surface area contributed by atoms with Crippen LogP contribution in [-0.2, 0) is 16.4 Å². The largest absolute Gasteiger partial charge is 0.286 e. The summed E-state index contributed by atoms with van der Waals surface area (Å²) in [6.07, 6.45) is 2.34. The number of aromatic nitrogens is 3. The van der Waals surface area contributed by atoms with Crippen molar-refractivity contribution in [3.63, 3.8) is 0 Å². The molecule has 0 aliphatic rings. The van der Waals surface area contributed by atoms with E-state index in [1.807, 2.05) is 28.8 Å². The molecule has 102 valence electrons. The average Bonchev–Trinajstić information content (AvgIpc) is 2.71. The second-order valence-corrected chi connectivity index (χ2v) is 6.21. The molecule has 6 nitrogen and oxygen atoms in total. The van der Waals surface area contributed by atoms with E-state index >= 15 is 0 Å². The van der Waals surface area contributed by atoms with Crippen LogP contribution in [0.15, 0.2) is 36.5 Å². The summed E-state index contributed by atoms with van der Waals surface area (Å²) in [5.74, 6) is 0.682. The summed E-state index contributed by atoms with van der Waals surface area (Å²) in [7, 11) is -3.29. The number of hydrogen-bond donors (Lipinski definition) is 1. The highest BCUT2D eigenvalue weighted by molar-refractivity contribution is 7.89. The van der Waals surface area contributed by atoms with Gasteiger partial charge in [0.05, 0.1) is 5.75 Å². The molecule has 1 N–H and O–H groups in total. The summed E-state index contributed by atoms with van der Waals surface area (Å²) >= 11 is 0. The van der Waals surface area contributed by atoms with Crippen LogP contribution in [-0.4, -0.2) is 35.3 Å². The zero-order valence-electron chi connectivity index (χ0n) is 10.7. The van der Waals surface area contributed by atoms with Gasteiger partial charge in [0, 0.05) is 19.2 Å². The molecule has 0 bridgehead atoms. The Labute approximate surface area is 112 Å². The van der Waals surface area contributed by atoms with Gasteiger partial charge in [-0.15, -0.1) is 10.2 Å². The predicted molar refractivity (Wildman–Crippen MR) is 73.3 cm³/mol. The molecule has 0 aliphatic carbocycles. The smallest absolute Gasteiger partial charge is 0.215 e. The predicted octanol–water partition coefficient (Wildman–Crippen LogP) is 0.767. The van der Waals surface area contributed by atoms with Crippen molar-refractivity contribution in [1.29, 1.82) is 0 Å². The van der Waals surface area contributed by atoms with Crippen LogP contribution in [0, 0.1) is 0 Å². The van der Waals surface area contributed by atoms with Crippen molar-refractivity contribution < 1.29 is 8.42 Å². The third-order valence-corrected chi connectivity index (χ3v) is 4.01. The molecular weight excluding hydrogens is 264 g/mol. The minimum absolute atomic E-state index is 0.0480. The lowest BCUT2D eigenvalue weighted by Crippen LogP contribution is -2.29. The minimum atomic E-state index is -3.29. The molecule has 0 aliphatic heterocycles. The van der Waals surface area contributed by atoms with Crippen molar-refractivity contribution in [3.05, 3.63) is 42.4 Å². The summed E-state index contributed by atoms with van der Waals surface area (Å²) in [5, 5.41) is 8.04. The lowest BCUT2D eigenvalue weighted by molar-refractivity contribution is 0.583. The van der Waals surface area contributed by atoms with Crippen molar-refractivity contribution in [2.45, 2.75) is 13.3 Å². The van der Waals surface area contributed by atoms with Crippen molar-refractivity contribution >= 4 is 15.7 Å². The van der Waals surface area contributed by atoms with E-state index in [4.69, 9.17) is 0 Å². The molecule has 7 heteroatoms. The average molecular weight is 280 g/mol. The first-order valence-electron chi connectivity index (χ1n) is 5.88. The fourth-order valence-electron chi connectivity index (χ4n) is 1.76. The Hall–Kier alpha value is -1.73. The van der Waals surface area contributed by atoms with Crippen LogP contribution in [0.4, 0.5) is 0 Å². The molecule has 0 unspecified atom stereocenters. The number of fused-ring (bicyclic) bond motifs is 1. The summed E-state index contributed by atoms with van der Waals surface area (Å²) in [6.45, 7) is 5.58. The molecule has 0 atom stereocenters. The van der Waals surface area contributed by atoms with Gasteiger partial charge >= 0.3 is 0 Å². The van der Waals surface area contributed by atoms with E-state index in [0.717, 1.165) is 11.5 Å². The lowest BCUT2D eigenvalue weighted by Gasteiger charge is -2.05. The highest BCUT2D eigenvalue weighted by Crippen LogP contribution is 2.03. The highest BCUT2D eigenvalue weighted by atomic mass is 32.2. The van der Waals surface area contributed by atoms with Crippen molar-refractivity contribution in [1.82, 2.24) is 19.3 Å². The van der Waals surface area contributed by atoms with Crippen LogP contribution in [0.1, 0.15) is 12.7 Å². The second-order valence-electron chi connectivity index (χ2n) is 4.41. The van der Waals surface area contributed by atoms with Gasteiger partial charge in [-0.2, -0.15) is 0 Å². The molecule has 0 spiro atoms. The quantitative estimate of drug-likeness (QED) is 0.793. The minimum Gasteiger partial charge on any atom is -0.286 e. The van der Waals surface area contributed by atoms with E-state index < -0.39 is 10.0 Å². The molecule has 19 heavy (non-hydrogen) atoms. The molecule has 2 aromatic heterocycles. The Bertz CT molecular complexity index is 691. The Morgan fingerprint density at radius 3 is 2.95 bits per heavy atom. The van der Waals surface area contributed by atoms with Gasteiger partial charge < -0.3 is 0 Å². The van der Waals surface area contributed by atoms with Crippen LogP contribution in [0.2, 0.25) is 0 Å². The molecule has 2 aromatic rings. The molecule has 0 aromatic carbocycles. The molecule has 0 saturated heterocycles. The summed E-state index contributed by atoms with van der Waals surface area (Å²) < 4.78 is 27.6. The Kier molecular flexibility index (Phi) is 3.96. The molecule has 0 fully saturated rings.